The summed E-state index contributed by atoms with van der Waals surface area (Å²) in [5.41, 5.74) is 10.2. The molecule has 0 N–H and O–H groups in total. The highest BCUT2D eigenvalue weighted by Gasteiger charge is 2.23. The van der Waals surface area contributed by atoms with Crippen LogP contribution in [0.15, 0.2) is 121 Å². The van der Waals surface area contributed by atoms with Gasteiger partial charge in [0.05, 0.1) is 22.2 Å². The SMILES string of the molecule is CN1CC=Cc2c1n(C1=CCCC=C1)c1ccc(-c3ccc(-c4ccc5ccc6cccnc6c5n4)c4ccccc34)cc21. The number of aromatic nitrogens is 3. The Bertz CT molecular complexity index is 2390. The van der Waals surface area contributed by atoms with E-state index in [2.05, 4.69) is 137 Å². The van der Waals surface area contributed by atoms with Crippen molar-refractivity contribution in [3.05, 3.63) is 127 Å². The van der Waals surface area contributed by atoms with Crippen LogP contribution < -0.4 is 4.90 Å². The molecule has 0 amide bonds. The predicted molar refractivity (Wildman–Crippen MR) is 186 cm³/mol. The lowest BCUT2D eigenvalue weighted by atomic mass is 9.92. The third-order valence-corrected chi connectivity index (χ3v) is 9.18. The van der Waals surface area contributed by atoms with Crippen molar-refractivity contribution in [2.24, 2.45) is 0 Å². The van der Waals surface area contributed by atoms with Crippen LogP contribution in [0.3, 0.4) is 0 Å². The van der Waals surface area contributed by atoms with Crippen molar-refractivity contribution < 1.29 is 0 Å². The number of rotatable bonds is 3. The van der Waals surface area contributed by atoms with E-state index in [4.69, 9.17) is 4.98 Å². The molecule has 7 aromatic rings. The molecular formula is C40H30N4. The average molecular weight is 567 g/mol. The first kappa shape index (κ1) is 25.1. The molecule has 4 heteroatoms. The van der Waals surface area contributed by atoms with Crippen LogP contribution in [0.2, 0.25) is 0 Å². The first-order valence-electron chi connectivity index (χ1n) is 15.3. The highest BCUT2D eigenvalue weighted by Crippen LogP contribution is 2.42. The molecule has 0 unspecified atom stereocenters. The maximum atomic E-state index is 5.18. The fraction of sp³-hybridized carbons (Fsp3) is 0.100. The monoisotopic (exact) mass is 566 g/mol. The molecule has 4 heterocycles. The molecule has 0 atom stereocenters. The molecule has 0 spiro atoms. The normalized spacial score (nSPS) is 14.6. The number of pyridine rings is 2. The maximum absolute atomic E-state index is 5.18. The van der Waals surface area contributed by atoms with E-state index in [1.807, 2.05) is 12.3 Å². The Morgan fingerprint density at radius 1 is 0.682 bits per heavy atom. The number of hydrogen-bond acceptors (Lipinski definition) is 3. The molecule has 210 valence electrons. The molecular weight excluding hydrogens is 536 g/mol. The molecule has 1 aliphatic heterocycles. The van der Waals surface area contributed by atoms with Gasteiger partial charge < -0.3 is 4.90 Å². The zero-order valence-electron chi connectivity index (χ0n) is 24.5. The number of nitrogens with zero attached hydrogens (tertiary/aromatic N) is 4. The van der Waals surface area contributed by atoms with Gasteiger partial charge in [-0.05, 0) is 65.1 Å². The molecule has 2 aliphatic rings. The van der Waals surface area contributed by atoms with E-state index in [1.165, 1.54) is 49.9 Å². The van der Waals surface area contributed by atoms with Crippen molar-refractivity contribution >= 4 is 61.1 Å². The summed E-state index contributed by atoms with van der Waals surface area (Å²) in [5.74, 6) is 1.27. The van der Waals surface area contributed by atoms with Crippen molar-refractivity contribution in [1.82, 2.24) is 14.5 Å². The van der Waals surface area contributed by atoms with E-state index in [0.717, 1.165) is 52.4 Å². The summed E-state index contributed by atoms with van der Waals surface area (Å²) in [6.07, 6.45) is 15.5. The lowest BCUT2D eigenvalue weighted by Gasteiger charge is -2.25. The van der Waals surface area contributed by atoms with Crippen molar-refractivity contribution in [3.8, 4) is 22.4 Å². The average Bonchev–Trinajstić information content (AvgIpc) is 3.43. The smallest absolute Gasteiger partial charge is 0.121 e. The second-order valence-corrected chi connectivity index (χ2v) is 11.8. The zero-order valence-corrected chi connectivity index (χ0v) is 24.5. The fourth-order valence-corrected chi connectivity index (χ4v) is 7.10. The van der Waals surface area contributed by atoms with Gasteiger partial charge in [-0.3, -0.25) is 9.55 Å². The van der Waals surface area contributed by atoms with Gasteiger partial charge in [0, 0.05) is 52.8 Å². The Kier molecular flexibility index (Phi) is 5.57. The minimum Gasteiger partial charge on any atom is -0.357 e. The van der Waals surface area contributed by atoms with Gasteiger partial charge in [-0.25, -0.2) is 4.98 Å². The minimum absolute atomic E-state index is 0.911. The van der Waals surface area contributed by atoms with E-state index in [9.17, 15) is 0 Å². The summed E-state index contributed by atoms with van der Waals surface area (Å²) in [6.45, 7) is 0.911. The summed E-state index contributed by atoms with van der Waals surface area (Å²) in [7, 11) is 2.19. The van der Waals surface area contributed by atoms with Gasteiger partial charge in [-0.15, -0.1) is 0 Å². The third-order valence-electron chi connectivity index (χ3n) is 9.18. The van der Waals surface area contributed by atoms with E-state index < -0.39 is 0 Å². The standard InChI is InChI=1S/C40H30N4/c1-43-24-8-14-34-35-25-28(18-22-37(35)44(40(34)43)29-10-3-2-4-11-29)30-19-20-33(32-13-6-5-12-31(30)32)36-21-17-27-16-15-26-9-7-23-41-38(26)39(27)42-36/h3,5-23,25H,2,4,24H2,1H3. The number of anilines is 1. The van der Waals surface area contributed by atoms with Crippen LogP contribution in [0.4, 0.5) is 5.82 Å². The summed E-state index contributed by atoms with van der Waals surface area (Å²) < 4.78 is 2.44. The second-order valence-electron chi connectivity index (χ2n) is 11.8. The van der Waals surface area contributed by atoms with Crippen molar-refractivity contribution in [2.75, 3.05) is 18.5 Å². The Hall–Kier alpha value is -5.48. The number of benzene rings is 4. The molecule has 0 saturated heterocycles. The highest BCUT2D eigenvalue weighted by atomic mass is 15.2. The van der Waals surface area contributed by atoms with Gasteiger partial charge in [0.15, 0.2) is 0 Å². The first-order chi connectivity index (χ1) is 21.7. The number of fused-ring (bicyclic) bond motifs is 7. The Morgan fingerprint density at radius 2 is 1.50 bits per heavy atom. The number of likely N-dealkylation sites (N-methyl/N-ethyl adjacent to an activating group) is 1. The summed E-state index contributed by atoms with van der Waals surface area (Å²) in [6, 6.07) is 32.8. The Morgan fingerprint density at radius 3 is 2.36 bits per heavy atom. The summed E-state index contributed by atoms with van der Waals surface area (Å²) >= 11 is 0. The Labute approximate surface area is 255 Å². The number of allylic oxidation sites excluding steroid dienone is 4. The lowest BCUT2D eigenvalue weighted by Crippen LogP contribution is -2.23. The highest BCUT2D eigenvalue weighted by molar-refractivity contribution is 6.09. The van der Waals surface area contributed by atoms with Gasteiger partial charge in [-0.2, -0.15) is 0 Å². The fourth-order valence-electron chi connectivity index (χ4n) is 7.10. The van der Waals surface area contributed by atoms with Crippen LogP contribution in [0.1, 0.15) is 18.4 Å². The molecule has 9 rings (SSSR count). The largest absolute Gasteiger partial charge is 0.357 e. The molecule has 1 aliphatic carbocycles. The van der Waals surface area contributed by atoms with Crippen LogP contribution in [0.25, 0.3) is 77.6 Å². The molecule has 4 aromatic carbocycles. The van der Waals surface area contributed by atoms with Crippen LogP contribution in [-0.2, 0) is 0 Å². The van der Waals surface area contributed by atoms with Crippen molar-refractivity contribution in [1.29, 1.82) is 0 Å². The quantitative estimate of drug-likeness (QED) is 0.200. The first-order valence-corrected chi connectivity index (χ1v) is 15.3. The van der Waals surface area contributed by atoms with E-state index in [0.29, 0.717) is 0 Å². The molecule has 4 nitrogen and oxygen atoms in total. The molecule has 0 fully saturated rings. The number of hydrogen-bond donors (Lipinski definition) is 0. The molecule has 0 saturated carbocycles. The van der Waals surface area contributed by atoms with E-state index >= 15 is 0 Å². The van der Waals surface area contributed by atoms with Gasteiger partial charge in [0.25, 0.3) is 0 Å². The predicted octanol–water partition coefficient (Wildman–Crippen LogP) is 9.88. The van der Waals surface area contributed by atoms with Crippen molar-refractivity contribution in [2.45, 2.75) is 12.8 Å². The maximum Gasteiger partial charge on any atom is 0.121 e. The second kappa shape index (κ2) is 9.78. The van der Waals surface area contributed by atoms with Crippen LogP contribution in [0.5, 0.6) is 0 Å². The van der Waals surface area contributed by atoms with Gasteiger partial charge in [0.1, 0.15) is 5.82 Å². The van der Waals surface area contributed by atoms with Gasteiger partial charge >= 0.3 is 0 Å². The van der Waals surface area contributed by atoms with Crippen LogP contribution in [-0.4, -0.2) is 28.1 Å². The minimum atomic E-state index is 0.911. The molecule has 3 aromatic heterocycles. The van der Waals surface area contributed by atoms with Crippen LogP contribution >= 0.6 is 0 Å². The summed E-state index contributed by atoms with van der Waals surface area (Å²) in [5, 5.41) is 5.91. The molecule has 0 bridgehead atoms. The van der Waals surface area contributed by atoms with E-state index in [-0.39, 0.29) is 0 Å². The molecule has 44 heavy (non-hydrogen) atoms. The zero-order chi connectivity index (χ0) is 29.2. The Balaban J connectivity index is 1.23. The lowest BCUT2D eigenvalue weighted by molar-refractivity contribution is 0.943. The third kappa shape index (κ3) is 3.77. The summed E-state index contributed by atoms with van der Waals surface area (Å²) in [4.78, 5) is 12.2. The molecule has 0 radical (unpaired) electrons. The topological polar surface area (TPSA) is 34.0 Å². The van der Waals surface area contributed by atoms with E-state index in [1.54, 1.807) is 0 Å². The van der Waals surface area contributed by atoms with Gasteiger partial charge in [-0.1, -0.05) is 91.0 Å². The van der Waals surface area contributed by atoms with Crippen LogP contribution in [0, 0.1) is 0 Å². The van der Waals surface area contributed by atoms with Crippen molar-refractivity contribution in [3.63, 3.8) is 0 Å². The van der Waals surface area contributed by atoms with Gasteiger partial charge in [0.2, 0.25) is 0 Å².